The molecule has 1 N–H and O–H groups in total. The Labute approximate surface area is 98.0 Å². The van der Waals surface area contributed by atoms with Crippen LogP contribution in [0.4, 0.5) is 5.69 Å². The second kappa shape index (κ2) is 5.40. The Morgan fingerprint density at radius 3 is 2.71 bits per heavy atom. The molecule has 6 heteroatoms. The lowest BCUT2D eigenvalue weighted by Gasteiger charge is -2.07. The van der Waals surface area contributed by atoms with Crippen molar-refractivity contribution in [2.24, 2.45) is 0 Å². The molecule has 0 saturated heterocycles. The topological polar surface area (TPSA) is 89.7 Å². The van der Waals surface area contributed by atoms with Gasteiger partial charge in [-0.25, -0.2) is 4.79 Å². The van der Waals surface area contributed by atoms with Crippen LogP contribution in [0.5, 0.6) is 0 Å². The van der Waals surface area contributed by atoms with Gasteiger partial charge in [0.25, 0.3) is 5.69 Å². The Morgan fingerprint density at radius 1 is 1.59 bits per heavy atom. The molecule has 0 aliphatic rings. The van der Waals surface area contributed by atoms with E-state index in [-0.39, 0.29) is 23.4 Å². The normalized spacial score (nSPS) is 11.9. The van der Waals surface area contributed by atoms with Crippen molar-refractivity contribution in [3.8, 4) is 0 Å². The molecule has 0 spiro atoms. The summed E-state index contributed by atoms with van der Waals surface area (Å²) >= 11 is 0. The third-order valence-corrected chi connectivity index (χ3v) is 2.19. The van der Waals surface area contributed by atoms with E-state index in [0.717, 1.165) is 6.07 Å². The summed E-state index contributed by atoms with van der Waals surface area (Å²) in [5.74, 6) is -0.618. The van der Waals surface area contributed by atoms with Crippen molar-refractivity contribution in [2.75, 3.05) is 6.61 Å². The SMILES string of the molecule is CCOC(=O)c1ccc(C(C)O)c([N+](=O)[O-])c1. The number of nitro benzene ring substituents is 1. The molecular weight excluding hydrogens is 226 g/mol. The number of hydrogen-bond donors (Lipinski definition) is 1. The van der Waals surface area contributed by atoms with Crippen molar-refractivity contribution in [1.29, 1.82) is 0 Å². The average Bonchev–Trinajstić information content (AvgIpc) is 2.28. The Kier molecular flexibility index (Phi) is 4.17. The fourth-order valence-electron chi connectivity index (χ4n) is 1.40. The van der Waals surface area contributed by atoms with Gasteiger partial charge in [0.15, 0.2) is 0 Å². The number of ether oxygens (including phenoxy) is 1. The van der Waals surface area contributed by atoms with Crippen molar-refractivity contribution in [3.63, 3.8) is 0 Å². The number of esters is 1. The standard InChI is InChI=1S/C11H13NO5/c1-3-17-11(14)8-4-5-9(7(2)13)10(6-8)12(15)16/h4-7,13H,3H2,1-2H3. The van der Waals surface area contributed by atoms with Crippen molar-refractivity contribution in [2.45, 2.75) is 20.0 Å². The van der Waals surface area contributed by atoms with Gasteiger partial charge in [0.2, 0.25) is 0 Å². The van der Waals surface area contributed by atoms with Gasteiger partial charge in [-0.1, -0.05) is 0 Å². The molecule has 0 radical (unpaired) electrons. The third-order valence-electron chi connectivity index (χ3n) is 2.19. The first-order chi connectivity index (χ1) is 7.97. The van der Waals surface area contributed by atoms with Crippen molar-refractivity contribution < 1.29 is 19.6 Å². The van der Waals surface area contributed by atoms with E-state index in [1.807, 2.05) is 0 Å². The highest BCUT2D eigenvalue weighted by Gasteiger charge is 2.20. The summed E-state index contributed by atoms with van der Waals surface area (Å²) in [6.45, 7) is 3.27. The Balaban J connectivity index is 3.19. The van der Waals surface area contributed by atoms with E-state index in [2.05, 4.69) is 0 Å². The molecule has 0 fully saturated rings. The molecule has 6 nitrogen and oxygen atoms in total. The lowest BCUT2D eigenvalue weighted by atomic mass is 10.1. The first kappa shape index (κ1) is 13.1. The van der Waals surface area contributed by atoms with Gasteiger partial charge in [0.05, 0.1) is 28.8 Å². The predicted molar refractivity (Wildman–Crippen MR) is 59.7 cm³/mol. The average molecular weight is 239 g/mol. The molecule has 1 unspecified atom stereocenters. The highest BCUT2D eigenvalue weighted by Crippen LogP contribution is 2.26. The molecule has 1 atom stereocenters. The number of hydrogen-bond acceptors (Lipinski definition) is 5. The maximum atomic E-state index is 11.4. The van der Waals surface area contributed by atoms with E-state index < -0.39 is 17.0 Å². The van der Waals surface area contributed by atoms with Gasteiger partial charge in [0.1, 0.15) is 0 Å². The molecule has 17 heavy (non-hydrogen) atoms. The first-order valence-corrected chi connectivity index (χ1v) is 5.11. The van der Waals surface area contributed by atoms with Gasteiger partial charge in [-0.15, -0.1) is 0 Å². The minimum Gasteiger partial charge on any atom is -0.462 e. The van der Waals surface area contributed by atoms with E-state index in [0.29, 0.717) is 0 Å². The molecule has 0 bridgehead atoms. The first-order valence-electron chi connectivity index (χ1n) is 5.11. The molecule has 0 amide bonds. The summed E-state index contributed by atoms with van der Waals surface area (Å²) in [7, 11) is 0. The minimum atomic E-state index is -0.966. The largest absolute Gasteiger partial charge is 0.462 e. The van der Waals surface area contributed by atoms with Crippen LogP contribution in [-0.2, 0) is 4.74 Å². The second-order valence-electron chi connectivity index (χ2n) is 3.43. The van der Waals surface area contributed by atoms with Crippen LogP contribution in [0.3, 0.4) is 0 Å². The van der Waals surface area contributed by atoms with E-state index in [1.165, 1.54) is 19.1 Å². The van der Waals surface area contributed by atoms with Gasteiger partial charge >= 0.3 is 5.97 Å². The number of nitro groups is 1. The molecule has 0 saturated carbocycles. The monoisotopic (exact) mass is 239 g/mol. The molecule has 1 aromatic carbocycles. The predicted octanol–water partition coefficient (Wildman–Crippen LogP) is 1.82. The van der Waals surface area contributed by atoms with Crippen LogP contribution in [-0.4, -0.2) is 22.6 Å². The smallest absolute Gasteiger partial charge is 0.338 e. The van der Waals surface area contributed by atoms with Crippen LogP contribution in [0.15, 0.2) is 18.2 Å². The summed E-state index contributed by atoms with van der Waals surface area (Å²) in [6, 6.07) is 3.86. The highest BCUT2D eigenvalue weighted by molar-refractivity contribution is 5.90. The second-order valence-corrected chi connectivity index (χ2v) is 3.43. The Bertz CT molecular complexity index is 441. The number of aliphatic hydroxyl groups is 1. The Hall–Kier alpha value is -1.95. The van der Waals surface area contributed by atoms with Crippen molar-refractivity contribution in [3.05, 3.63) is 39.4 Å². The van der Waals surface area contributed by atoms with Crippen molar-refractivity contribution >= 4 is 11.7 Å². The maximum absolute atomic E-state index is 11.4. The van der Waals surface area contributed by atoms with Crippen molar-refractivity contribution in [1.82, 2.24) is 0 Å². The molecule has 0 aliphatic carbocycles. The summed E-state index contributed by atoms with van der Waals surface area (Å²) < 4.78 is 4.74. The summed E-state index contributed by atoms with van der Waals surface area (Å²) in [4.78, 5) is 21.6. The summed E-state index contributed by atoms with van der Waals surface area (Å²) in [5.41, 5.74) is -0.0171. The molecule has 1 aromatic rings. The van der Waals surface area contributed by atoms with E-state index >= 15 is 0 Å². The lowest BCUT2D eigenvalue weighted by Crippen LogP contribution is -2.07. The number of carbonyl (C=O) groups excluding carboxylic acids is 1. The number of rotatable bonds is 4. The third kappa shape index (κ3) is 3.01. The van der Waals surface area contributed by atoms with E-state index in [1.54, 1.807) is 6.92 Å². The van der Waals surface area contributed by atoms with Crippen LogP contribution < -0.4 is 0 Å². The molecule has 0 heterocycles. The fourth-order valence-corrected chi connectivity index (χ4v) is 1.40. The molecular formula is C11H13NO5. The quantitative estimate of drug-likeness (QED) is 0.491. The van der Waals surface area contributed by atoms with Gasteiger partial charge in [-0.3, -0.25) is 10.1 Å². The van der Waals surface area contributed by atoms with Gasteiger partial charge < -0.3 is 9.84 Å². The van der Waals surface area contributed by atoms with Gasteiger partial charge in [-0.05, 0) is 26.0 Å². The number of nitrogens with zero attached hydrogens (tertiary/aromatic N) is 1. The zero-order chi connectivity index (χ0) is 13.0. The molecule has 92 valence electrons. The number of carbonyl (C=O) groups is 1. The minimum absolute atomic E-state index is 0.1000. The Morgan fingerprint density at radius 2 is 2.24 bits per heavy atom. The maximum Gasteiger partial charge on any atom is 0.338 e. The van der Waals surface area contributed by atoms with Crippen LogP contribution in [0.2, 0.25) is 0 Å². The van der Waals surface area contributed by atoms with Crippen LogP contribution >= 0.6 is 0 Å². The van der Waals surface area contributed by atoms with Crippen LogP contribution in [0.25, 0.3) is 0 Å². The van der Waals surface area contributed by atoms with Crippen LogP contribution in [0.1, 0.15) is 35.9 Å². The van der Waals surface area contributed by atoms with Gasteiger partial charge in [0, 0.05) is 6.07 Å². The summed E-state index contributed by atoms with van der Waals surface area (Å²) in [5, 5.41) is 20.2. The van der Waals surface area contributed by atoms with E-state index in [9.17, 15) is 20.0 Å². The zero-order valence-electron chi connectivity index (χ0n) is 9.54. The van der Waals surface area contributed by atoms with Crippen LogP contribution in [0, 0.1) is 10.1 Å². The number of benzene rings is 1. The molecule has 0 aromatic heterocycles. The number of aliphatic hydroxyl groups excluding tert-OH is 1. The molecule has 0 aliphatic heterocycles. The lowest BCUT2D eigenvalue weighted by molar-refractivity contribution is -0.386. The van der Waals surface area contributed by atoms with Gasteiger partial charge in [-0.2, -0.15) is 0 Å². The summed E-state index contributed by atoms with van der Waals surface area (Å²) in [6.07, 6.45) is -0.966. The molecule has 1 rings (SSSR count). The fraction of sp³-hybridized carbons (Fsp3) is 0.364. The highest BCUT2D eigenvalue weighted by atomic mass is 16.6. The van der Waals surface area contributed by atoms with E-state index in [4.69, 9.17) is 4.74 Å². The zero-order valence-corrected chi connectivity index (χ0v) is 9.54.